The zero-order valence-electron chi connectivity index (χ0n) is 13.5. The van der Waals surface area contributed by atoms with Crippen LogP contribution in [0.2, 0.25) is 0 Å². The molecule has 0 aliphatic heterocycles. The summed E-state index contributed by atoms with van der Waals surface area (Å²) in [6.07, 6.45) is 3.11. The Labute approximate surface area is 145 Å². The number of nitrogens with one attached hydrogen (secondary N) is 1. The van der Waals surface area contributed by atoms with E-state index in [1.165, 1.54) is 23.9 Å². The summed E-state index contributed by atoms with van der Waals surface area (Å²) in [5.74, 6) is 0.716. The van der Waals surface area contributed by atoms with Crippen molar-refractivity contribution >= 4 is 17.7 Å². The molecule has 0 bridgehead atoms. The van der Waals surface area contributed by atoms with E-state index in [-0.39, 0.29) is 17.8 Å². The summed E-state index contributed by atoms with van der Waals surface area (Å²) in [5.41, 5.74) is 1.77. The first-order valence-corrected chi connectivity index (χ1v) is 8.89. The van der Waals surface area contributed by atoms with Gasteiger partial charge in [-0.25, -0.2) is 4.39 Å². The first-order valence-electron chi connectivity index (χ1n) is 7.74. The van der Waals surface area contributed by atoms with E-state index < -0.39 is 6.10 Å². The van der Waals surface area contributed by atoms with Gasteiger partial charge in [-0.2, -0.15) is 0 Å². The summed E-state index contributed by atoms with van der Waals surface area (Å²) in [6, 6.07) is 9.42. The fourth-order valence-corrected chi connectivity index (χ4v) is 3.07. The first-order chi connectivity index (χ1) is 11.5. The zero-order chi connectivity index (χ0) is 17.4. The fraction of sp³-hybridized carbons (Fsp3) is 0.333. The number of halogens is 1. The van der Waals surface area contributed by atoms with Crippen LogP contribution in [0, 0.1) is 5.82 Å². The average molecular weight is 348 g/mol. The number of aliphatic hydroxyl groups excluding tert-OH is 1. The molecule has 2 rings (SSSR count). The van der Waals surface area contributed by atoms with E-state index in [1.54, 1.807) is 24.5 Å². The second-order valence-electron chi connectivity index (χ2n) is 5.62. The molecule has 0 saturated carbocycles. The Hall–Kier alpha value is -1.92. The molecule has 0 aliphatic rings. The number of hydrogen-bond acceptors (Lipinski definition) is 4. The Morgan fingerprint density at radius 2 is 1.92 bits per heavy atom. The molecule has 0 aliphatic carbocycles. The van der Waals surface area contributed by atoms with E-state index in [0.717, 1.165) is 11.3 Å². The molecule has 1 amide bonds. The number of carbonyl (C=O) groups excluding carboxylic acids is 1. The lowest BCUT2D eigenvalue weighted by Crippen LogP contribution is -2.35. The van der Waals surface area contributed by atoms with Crippen LogP contribution in [0.15, 0.2) is 48.8 Å². The minimum Gasteiger partial charge on any atom is -0.388 e. The summed E-state index contributed by atoms with van der Waals surface area (Å²) >= 11 is 1.53. The molecule has 0 fully saturated rings. The van der Waals surface area contributed by atoms with Crippen molar-refractivity contribution in [1.82, 2.24) is 10.3 Å². The molecule has 2 aromatic rings. The zero-order valence-corrected chi connectivity index (χ0v) is 14.3. The Balaban J connectivity index is 1.70. The number of aromatic nitrogens is 1. The molecule has 1 heterocycles. The summed E-state index contributed by atoms with van der Waals surface area (Å²) in [5, 5.41) is 13.0. The molecule has 1 aromatic carbocycles. The van der Waals surface area contributed by atoms with Gasteiger partial charge in [-0.05, 0) is 48.7 Å². The predicted molar refractivity (Wildman–Crippen MR) is 94.0 cm³/mol. The molecular weight excluding hydrogens is 327 g/mol. The lowest BCUT2D eigenvalue weighted by Gasteiger charge is -2.18. The van der Waals surface area contributed by atoms with Crippen molar-refractivity contribution in [2.24, 2.45) is 0 Å². The van der Waals surface area contributed by atoms with Gasteiger partial charge < -0.3 is 10.4 Å². The first kappa shape index (κ1) is 18.4. The van der Waals surface area contributed by atoms with Gasteiger partial charge in [0.25, 0.3) is 0 Å². The summed E-state index contributed by atoms with van der Waals surface area (Å²) in [4.78, 5) is 15.9. The lowest BCUT2D eigenvalue weighted by atomic mass is 10.0. The molecule has 4 nitrogen and oxygen atoms in total. The molecule has 0 radical (unpaired) electrons. The SMILES string of the molecule is CC(CC(O)c1ccc(F)cc1)NC(=O)CSCc1ccncc1. The third kappa shape index (κ3) is 6.29. The molecule has 2 unspecified atom stereocenters. The molecule has 2 N–H and O–H groups in total. The van der Waals surface area contributed by atoms with Gasteiger partial charge in [-0.15, -0.1) is 11.8 Å². The van der Waals surface area contributed by atoms with E-state index in [4.69, 9.17) is 0 Å². The van der Waals surface area contributed by atoms with E-state index in [2.05, 4.69) is 10.3 Å². The van der Waals surface area contributed by atoms with E-state index in [1.807, 2.05) is 19.1 Å². The molecular formula is C18H21FN2O2S. The van der Waals surface area contributed by atoms with Crippen molar-refractivity contribution in [3.63, 3.8) is 0 Å². The van der Waals surface area contributed by atoms with Gasteiger partial charge in [0.1, 0.15) is 5.82 Å². The van der Waals surface area contributed by atoms with Crippen LogP contribution in [0.25, 0.3) is 0 Å². The van der Waals surface area contributed by atoms with Crippen LogP contribution in [-0.2, 0) is 10.5 Å². The second-order valence-corrected chi connectivity index (χ2v) is 6.61. The minimum atomic E-state index is -0.731. The van der Waals surface area contributed by atoms with Crippen LogP contribution in [-0.4, -0.2) is 27.8 Å². The number of rotatable bonds is 8. The van der Waals surface area contributed by atoms with Crippen LogP contribution in [0.4, 0.5) is 4.39 Å². The Kier molecular flexibility index (Phi) is 7.21. The van der Waals surface area contributed by atoms with Gasteiger partial charge in [-0.3, -0.25) is 9.78 Å². The largest absolute Gasteiger partial charge is 0.388 e. The smallest absolute Gasteiger partial charge is 0.230 e. The van der Waals surface area contributed by atoms with E-state index >= 15 is 0 Å². The highest BCUT2D eigenvalue weighted by Crippen LogP contribution is 2.18. The van der Waals surface area contributed by atoms with Gasteiger partial charge in [0.05, 0.1) is 11.9 Å². The lowest BCUT2D eigenvalue weighted by molar-refractivity contribution is -0.119. The van der Waals surface area contributed by atoms with Gasteiger partial charge in [0, 0.05) is 24.2 Å². The Morgan fingerprint density at radius 3 is 2.58 bits per heavy atom. The Morgan fingerprint density at radius 1 is 1.25 bits per heavy atom. The molecule has 6 heteroatoms. The van der Waals surface area contributed by atoms with Crippen LogP contribution >= 0.6 is 11.8 Å². The van der Waals surface area contributed by atoms with Crippen molar-refractivity contribution in [3.05, 3.63) is 65.7 Å². The van der Waals surface area contributed by atoms with Gasteiger partial charge in [0.2, 0.25) is 5.91 Å². The normalized spacial score (nSPS) is 13.3. The van der Waals surface area contributed by atoms with Crippen molar-refractivity contribution in [2.45, 2.75) is 31.2 Å². The fourth-order valence-electron chi connectivity index (χ4n) is 2.27. The third-order valence-corrected chi connectivity index (χ3v) is 4.49. The minimum absolute atomic E-state index is 0.0622. The van der Waals surface area contributed by atoms with Gasteiger partial charge in [-0.1, -0.05) is 12.1 Å². The monoisotopic (exact) mass is 348 g/mol. The number of thioether (sulfide) groups is 1. The summed E-state index contributed by atoms with van der Waals surface area (Å²) in [6.45, 7) is 1.85. The standard InChI is InChI=1S/C18H21FN2O2S/c1-13(10-17(22)15-2-4-16(19)5-3-15)21-18(23)12-24-11-14-6-8-20-9-7-14/h2-9,13,17,22H,10-12H2,1H3,(H,21,23). The maximum absolute atomic E-state index is 12.9. The third-order valence-electron chi connectivity index (χ3n) is 3.49. The van der Waals surface area contributed by atoms with E-state index in [0.29, 0.717) is 17.7 Å². The number of hydrogen-bond donors (Lipinski definition) is 2. The second kappa shape index (κ2) is 9.39. The van der Waals surface area contributed by atoms with E-state index in [9.17, 15) is 14.3 Å². The number of pyridine rings is 1. The van der Waals surface area contributed by atoms with Crippen molar-refractivity contribution in [3.8, 4) is 0 Å². The molecule has 1 aromatic heterocycles. The van der Waals surface area contributed by atoms with Gasteiger partial charge in [0.15, 0.2) is 0 Å². The van der Waals surface area contributed by atoms with Crippen LogP contribution in [0.3, 0.4) is 0 Å². The summed E-state index contributed by atoms with van der Waals surface area (Å²) in [7, 11) is 0. The van der Waals surface area contributed by atoms with Crippen molar-refractivity contribution in [1.29, 1.82) is 0 Å². The Bertz CT molecular complexity index is 637. The highest BCUT2D eigenvalue weighted by atomic mass is 32.2. The predicted octanol–water partition coefficient (Wildman–Crippen LogP) is 3.08. The maximum atomic E-state index is 12.9. The molecule has 2 atom stereocenters. The molecule has 0 saturated heterocycles. The van der Waals surface area contributed by atoms with Gasteiger partial charge >= 0.3 is 0 Å². The number of amides is 1. The van der Waals surface area contributed by atoms with Crippen LogP contribution in [0.1, 0.15) is 30.6 Å². The number of benzene rings is 1. The van der Waals surface area contributed by atoms with Crippen LogP contribution < -0.4 is 5.32 Å². The molecule has 24 heavy (non-hydrogen) atoms. The quantitative estimate of drug-likeness (QED) is 0.770. The highest BCUT2D eigenvalue weighted by Gasteiger charge is 2.14. The molecule has 0 spiro atoms. The van der Waals surface area contributed by atoms with Crippen molar-refractivity contribution < 1.29 is 14.3 Å². The van der Waals surface area contributed by atoms with Crippen LogP contribution in [0.5, 0.6) is 0 Å². The topological polar surface area (TPSA) is 62.2 Å². The number of nitrogens with zero attached hydrogens (tertiary/aromatic N) is 1. The average Bonchev–Trinajstić information content (AvgIpc) is 2.56. The maximum Gasteiger partial charge on any atom is 0.230 e. The number of carbonyl (C=O) groups is 1. The summed E-state index contributed by atoms with van der Waals surface area (Å²) < 4.78 is 12.9. The van der Waals surface area contributed by atoms with Crippen molar-refractivity contribution in [2.75, 3.05) is 5.75 Å². The molecule has 128 valence electrons. The highest BCUT2D eigenvalue weighted by molar-refractivity contribution is 7.99. The number of aliphatic hydroxyl groups is 1.